The second-order valence-corrected chi connectivity index (χ2v) is 9.61. The number of para-hydroxylation sites is 1. The van der Waals surface area contributed by atoms with Crippen LogP contribution in [0.3, 0.4) is 0 Å². The van der Waals surface area contributed by atoms with Crippen LogP contribution in [0.15, 0.2) is 66.7 Å². The number of nitrogens with one attached hydrogen (secondary N) is 1. The molecule has 35 heavy (non-hydrogen) atoms. The van der Waals surface area contributed by atoms with E-state index in [0.717, 1.165) is 82.3 Å². The van der Waals surface area contributed by atoms with Crippen LogP contribution >= 0.6 is 11.6 Å². The Morgan fingerprint density at radius 1 is 0.886 bits per heavy atom. The van der Waals surface area contributed by atoms with Crippen molar-refractivity contribution in [3.05, 3.63) is 77.3 Å². The van der Waals surface area contributed by atoms with Crippen LogP contribution in [0.25, 0.3) is 33.4 Å². The van der Waals surface area contributed by atoms with Crippen molar-refractivity contribution in [3.8, 4) is 22.5 Å². The number of hydrogen-bond acceptors (Lipinski definition) is 4. The standard InChI is InChI=1S/C30H35ClN4/c1-5-35(6-2)18-10-12-22(4)32-30-27-17-7-11-21(3)28(27)33-29(34-30)25-15-8-13-23(19-25)24-14-9-16-26(31)20-24/h7-9,11,13-17,19-20,22H,5-6,10,12,18H2,1-4H3,(H,32,33,34). The van der Waals surface area contributed by atoms with Crippen LogP contribution in [0.1, 0.15) is 39.2 Å². The number of anilines is 1. The van der Waals surface area contributed by atoms with Crippen molar-refractivity contribution in [2.24, 2.45) is 0 Å². The van der Waals surface area contributed by atoms with Crippen molar-refractivity contribution in [1.29, 1.82) is 0 Å². The molecular formula is C30H35ClN4. The van der Waals surface area contributed by atoms with E-state index in [1.54, 1.807) is 0 Å². The topological polar surface area (TPSA) is 41.0 Å². The van der Waals surface area contributed by atoms with Gasteiger partial charge in [-0.1, -0.05) is 67.9 Å². The molecule has 0 aliphatic carbocycles. The summed E-state index contributed by atoms with van der Waals surface area (Å²) in [6.45, 7) is 12.1. The number of hydrogen-bond donors (Lipinski definition) is 1. The van der Waals surface area contributed by atoms with Gasteiger partial charge in [0.25, 0.3) is 0 Å². The molecule has 4 rings (SSSR count). The quantitative estimate of drug-likeness (QED) is 0.248. The summed E-state index contributed by atoms with van der Waals surface area (Å²) < 4.78 is 0. The first-order valence-electron chi connectivity index (χ1n) is 12.6. The van der Waals surface area contributed by atoms with Crippen molar-refractivity contribution in [2.75, 3.05) is 25.0 Å². The van der Waals surface area contributed by atoms with Crippen molar-refractivity contribution in [2.45, 2.75) is 46.6 Å². The molecule has 0 aliphatic heterocycles. The minimum absolute atomic E-state index is 0.315. The number of halogens is 1. The van der Waals surface area contributed by atoms with Crippen LogP contribution in [-0.4, -0.2) is 40.5 Å². The lowest BCUT2D eigenvalue weighted by Gasteiger charge is -2.21. The SMILES string of the molecule is CCN(CC)CCCC(C)Nc1nc(-c2cccc(-c3cccc(Cl)c3)c2)nc2c(C)cccc12. The van der Waals surface area contributed by atoms with E-state index in [2.05, 4.69) is 86.4 Å². The maximum absolute atomic E-state index is 6.24. The Kier molecular flexibility index (Phi) is 8.37. The minimum Gasteiger partial charge on any atom is -0.367 e. The predicted molar refractivity (Wildman–Crippen MR) is 150 cm³/mol. The van der Waals surface area contributed by atoms with Crippen molar-refractivity contribution < 1.29 is 0 Å². The largest absolute Gasteiger partial charge is 0.367 e. The maximum Gasteiger partial charge on any atom is 0.162 e. The van der Waals surface area contributed by atoms with Crippen LogP contribution < -0.4 is 5.32 Å². The van der Waals surface area contributed by atoms with E-state index in [1.165, 1.54) is 0 Å². The molecule has 1 aromatic heterocycles. The first kappa shape index (κ1) is 25.2. The van der Waals surface area contributed by atoms with Gasteiger partial charge in [0, 0.05) is 22.0 Å². The molecule has 1 heterocycles. The third-order valence-electron chi connectivity index (χ3n) is 6.60. The van der Waals surface area contributed by atoms with E-state index in [-0.39, 0.29) is 0 Å². The lowest BCUT2D eigenvalue weighted by Crippen LogP contribution is -2.25. The van der Waals surface area contributed by atoms with E-state index >= 15 is 0 Å². The normalized spacial score (nSPS) is 12.3. The Bertz CT molecular complexity index is 1280. The average Bonchev–Trinajstić information content (AvgIpc) is 2.87. The highest BCUT2D eigenvalue weighted by molar-refractivity contribution is 6.30. The highest BCUT2D eigenvalue weighted by Crippen LogP contribution is 2.30. The molecule has 0 fully saturated rings. The molecule has 0 spiro atoms. The van der Waals surface area contributed by atoms with Gasteiger partial charge in [0.1, 0.15) is 5.82 Å². The van der Waals surface area contributed by atoms with Crippen molar-refractivity contribution >= 4 is 28.3 Å². The van der Waals surface area contributed by atoms with Gasteiger partial charge in [-0.2, -0.15) is 0 Å². The fourth-order valence-electron chi connectivity index (χ4n) is 4.51. The summed E-state index contributed by atoms with van der Waals surface area (Å²) in [6.07, 6.45) is 2.25. The van der Waals surface area contributed by atoms with E-state index in [0.29, 0.717) is 6.04 Å². The Hall–Kier alpha value is -2.95. The van der Waals surface area contributed by atoms with Gasteiger partial charge in [0.15, 0.2) is 5.82 Å². The molecule has 0 bridgehead atoms. The molecule has 0 radical (unpaired) electrons. The molecule has 0 aliphatic rings. The van der Waals surface area contributed by atoms with Gasteiger partial charge in [-0.25, -0.2) is 9.97 Å². The Labute approximate surface area is 214 Å². The van der Waals surface area contributed by atoms with E-state index in [9.17, 15) is 0 Å². The third-order valence-corrected chi connectivity index (χ3v) is 6.83. The van der Waals surface area contributed by atoms with Crippen molar-refractivity contribution in [1.82, 2.24) is 14.9 Å². The number of fused-ring (bicyclic) bond motifs is 1. The molecule has 4 aromatic rings. The monoisotopic (exact) mass is 486 g/mol. The van der Waals surface area contributed by atoms with Gasteiger partial charge >= 0.3 is 0 Å². The average molecular weight is 487 g/mol. The van der Waals surface area contributed by atoms with Gasteiger partial charge in [-0.15, -0.1) is 0 Å². The maximum atomic E-state index is 6.24. The van der Waals surface area contributed by atoms with Crippen LogP contribution in [0.4, 0.5) is 5.82 Å². The summed E-state index contributed by atoms with van der Waals surface area (Å²) in [6, 6.07) is 22.9. The van der Waals surface area contributed by atoms with Gasteiger partial charge < -0.3 is 10.2 Å². The highest BCUT2D eigenvalue weighted by atomic mass is 35.5. The van der Waals surface area contributed by atoms with Crippen molar-refractivity contribution in [3.63, 3.8) is 0 Å². The van der Waals surface area contributed by atoms with E-state index in [4.69, 9.17) is 21.6 Å². The molecule has 4 nitrogen and oxygen atoms in total. The summed E-state index contributed by atoms with van der Waals surface area (Å²) >= 11 is 6.24. The molecule has 0 saturated heterocycles. The van der Waals surface area contributed by atoms with Crippen LogP contribution in [-0.2, 0) is 0 Å². The second-order valence-electron chi connectivity index (χ2n) is 9.17. The summed E-state index contributed by atoms with van der Waals surface area (Å²) in [5, 5.41) is 5.49. The number of benzene rings is 3. The third kappa shape index (κ3) is 6.19. The molecule has 3 aromatic carbocycles. The number of nitrogens with zero attached hydrogens (tertiary/aromatic N) is 3. The van der Waals surface area contributed by atoms with Crippen LogP contribution in [0.5, 0.6) is 0 Å². The zero-order valence-electron chi connectivity index (χ0n) is 21.2. The Morgan fingerprint density at radius 3 is 2.31 bits per heavy atom. The summed E-state index contributed by atoms with van der Waals surface area (Å²) in [5.74, 6) is 1.63. The summed E-state index contributed by atoms with van der Waals surface area (Å²) in [5.41, 5.74) is 5.30. The zero-order chi connectivity index (χ0) is 24.8. The smallest absolute Gasteiger partial charge is 0.162 e. The first-order valence-corrected chi connectivity index (χ1v) is 13.0. The molecule has 0 amide bonds. The zero-order valence-corrected chi connectivity index (χ0v) is 21.9. The predicted octanol–water partition coefficient (Wildman–Crippen LogP) is 7.85. The van der Waals surface area contributed by atoms with Crippen LogP contribution in [0.2, 0.25) is 5.02 Å². The van der Waals surface area contributed by atoms with E-state index in [1.807, 2.05) is 18.2 Å². The van der Waals surface area contributed by atoms with Gasteiger partial charge in [0.2, 0.25) is 0 Å². The molecule has 182 valence electrons. The highest BCUT2D eigenvalue weighted by Gasteiger charge is 2.14. The molecule has 1 N–H and O–H groups in total. The minimum atomic E-state index is 0.315. The summed E-state index contributed by atoms with van der Waals surface area (Å²) in [7, 11) is 0. The summed E-state index contributed by atoms with van der Waals surface area (Å²) in [4.78, 5) is 12.5. The Balaban J connectivity index is 1.65. The lowest BCUT2D eigenvalue weighted by molar-refractivity contribution is 0.295. The molecule has 0 saturated carbocycles. The first-order chi connectivity index (χ1) is 17.0. The second kappa shape index (κ2) is 11.7. The molecular weight excluding hydrogens is 452 g/mol. The fourth-order valence-corrected chi connectivity index (χ4v) is 4.70. The fraction of sp³-hybridized carbons (Fsp3) is 0.333. The number of aromatic nitrogens is 2. The molecule has 1 atom stereocenters. The molecule has 1 unspecified atom stereocenters. The van der Waals surface area contributed by atoms with Crippen LogP contribution in [0, 0.1) is 6.92 Å². The van der Waals surface area contributed by atoms with Gasteiger partial charge in [0.05, 0.1) is 5.52 Å². The number of rotatable bonds is 10. The number of aryl methyl sites for hydroxylation is 1. The lowest BCUT2D eigenvalue weighted by atomic mass is 10.0. The van der Waals surface area contributed by atoms with E-state index < -0.39 is 0 Å². The Morgan fingerprint density at radius 2 is 1.57 bits per heavy atom. The van der Waals surface area contributed by atoms with Gasteiger partial charge in [-0.3, -0.25) is 0 Å². The molecule has 5 heteroatoms. The van der Waals surface area contributed by atoms with Gasteiger partial charge in [-0.05, 0) is 87.3 Å².